The van der Waals surface area contributed by atoms with E-state index in [1.165, 1.54) is 24.1 Å². The minimum Gasteiger partial charge on any atom is -0.454 e. The van der Waals surface area contributed by atoms with E-state index in [1.54, 1.807) is 6.92 Å². The van der Waals surface area contributed by atoms with Crippen molar-refractivity contribution >= 4 is 5.78 Å². The van der Waals surface area contributed by atoms with E-state index >= 15 is 0 Å². The Bertz CT molecular complexity index is 857. The number of hydrogen-bond acceptors (Lipinski definition) is 4. The molecule has 0 spiro atoms. The summed E-state index contributed by atoms with van der Waals surface area (Å²) in [5.41, 5.74) is 3.54. The summed E-state index contributed by atoms with van der Waals surface area (Å²) in [5.74, 6) is 1.84. The lowest BCUT2D eigenvalue weighted by Gasteiger charge is -2.41. The number of piperidine rings is 1. The molecule has 0 radical (unpaired) electrons. The standard InChI is InChI=1S/C22H28N2O3/c1-16(25)18-10-19(23(3)12-18)13-24-8-4-7-22(2,14-24)11-17-5-6-20-21(9-17)27-15-26-20/h5-6,9-10,12H,4,7-8,11,13-15H2,1-3H3. The maximum Gasteiger partial charge on any atom is 0.231 e. The maximum absolute atomic E-state index is 11.6. The Labute approximate surface area is 160 Å². The molecule has 5 nitrogen and oxygen atoms in total. The molecule has 1 saturated heterocycles. The van der Waals surface area contributed by atoms with Gasteiger partial charge in [0.2, 0.25) is 6.79 Å². The van der Waals surface area contributed by atoms with E-state index in [0.29, 0.717) is 6.79 Å². The van der Waals surface area contributed by atoms with Gasteiger partial charge in [-0.1, -0.05) is 13.0 Å². The topological polar surface area (TPSA) is 43.7 Å². The van der Waals surface area contributed by atoms with E-state index in [4.69, 9.17) is 9.47 Å². The lowest BCUT2D eigenvalue weighted by atomic mass is 9.77. The van der Waals surface area contributed by atoms with Crippen molar-refractivity contribution in [2.75, 3.05) is 19.9 Å². The average molecular weight is 368 g/mol. The smallest absolute Gasteiger partial charge is 0.231 e. The van der Waals surface area contributed by atoms with Crippen molar-refractivity contribution in [3.05, 3.63) is 47.3 Å². The molecule has 3 heterocycles. The third kappa shape index (κ3) is 3.88. The number of benzene rings is 1. The molecule has 1 aromatic carbocycles. The minimum absolute atomic E-state index is 0.128. The van der Waals surface area contributed by atoms with E-state index in [-0.39, 0.29) is 11.2 Å². The van der Waals surface area contributed by atoms with Gasteiger partial charge in [0.1, 0.15) is 0 Å². The summed E-state index contributed by atoms with van der Waals surface area (Å²) in [6, 6.07) is 8.35. The number of ether oxygens (including phenoxy) is 2. The summed E-state index contributed by atoms with van der Waals surface area (Å²) in [7, 11) is 2.03. The van der Waals surface area contributed by atoms with Gasteiger partial charge in [-0.2, -0.15) is 0 Å². The van der Waals surface area contributed by atoms with Gasteiger partial charge in [0.25, 0.3) is 0 Å². The fourth-order valence-electron chi connectivity index (χ4n) is 4.44. The Kier molecular flexibility index (Phi) is 4.72. The summed E-state index contributed by atoms with van der Waals surface area (Å²) in [6.45, 7) is 7.39. The van der Waals surface area contributed by atoms with E-state index in [9.17, 15) is 4.79 Å². The Balaban J connectivity index is 1.44. The van der Waals surface area contributed by atoms with Crippen molar-refractivity contribution in [1.29, 1.82) is 0 Å². The molecule has 0 bridgehead atoms. The minimum atomic E-state index is 0.128. The molecule has 0 N–H and O–H groups in total. The second-order valence-corrected chi connectivity index (χ2v) is 8.38. The van der Waals surface area contributed by atoms with Crippen LogP contribution in [-0.4, -0.2) is 35.1 Å². The monoisotopic (exact) mass is 368 g/mol. The van der Waals surface area contributed by atoms with Gasteiger partial charge in [-0.25, -0.2) is 0 Å². The van der Waals surface area contributed by atoms with Crippen molar-refractivity contribution in [3.63, 3.8) is 0 Å². The molecule has 144 valence electrons. The molecule has 2 aliphatic heterocycles. The number of fused-ring (bicyclic) bond motifs is 1. The van der Waals surface area contributed by atoms with E-state index < -0.39 is 0 Å². The predicted molar refractivity (Wildman–Crippen MR) is 104 cm³/mol. The number of Topliss-reactive ketones (excluding diaryl/α,β-unsaturated/α-hetero) is 1. The molecule has 27 heavy (non-hydrogen) atoms. The fourth-order valence-corrected chi connectivity index (χ4v) is 4.44. The SMILES string of the molecule is CC(=O)c1cc(CN2CCCC(C)(Cc3ccc4c(c3)OCO4)C2)n(C)c1. The zero-order valence-corrected chi connectivity index (χ0v) is 16.5. The lowest BCUT2D eigenvalue weighted by Crippen LogP contribution is -2.42. The highest BCUT2D eigenvalue weighted by molar-refractivity contribution is 5.94. The maximum atomic E-state index is 11.6. The largest absolute Gasteiger partial charge is 0.454 e. The highest BCUT2D eigenvalue weighted by Crippen LogP contribution is 2.37. The molecule has 0 saturated carbocycles. The van der Waals surface area contributed by atoms with Gasteiger partial charge in [0.15, 0.2) is 17.3 Å². The third-order valence-electron chi connectivity index (χ3n) is 5.83. The zero-order chi connectivity index (χ0) is 19.0. The van der Waals surface area contributed by atoms with Crippen LogP contribution in [0.15, 0.2) is 30.5 Å². The number of likely N-dealkylation sites (tertiary alicyclic amines) is 1. The first kappa shape index (κ1) is 18.1. The van der Waals surface area contributed by atoms with Gasteiger partial charge < -0.3 is 14.0 Å². The molecular formula is C22H28N2O3. The Morgan fingerprint density at radius 2 is 2.04 bits per heavy atom. The predicted octanol–water partition coefficient (Wildman–Crippen LogP) is 3.80. The first-order valence-corrected chi connectivity index (χ1v) is 9.69. The Morgan fingerprint density at radius 3 is 2.81 bits per heavy atom. The molecule has 2 aliphatic rings. The number of hydrogen-bond donors (Lipinski definition) is 0. The van der Waals surface area contributed by atoms with Crippen LogP contribution in [0.3, 0.4) is 0 Å². The number of ketones is 1. The number of carbonyl (C=O) groups is 1. The van der Waals surface area contributed by atoms with Gasteiger partial charge in [-0.3, -0.25) is 9.69 Å². The van der Waals surface area contributed by atoms with Crippen molar-refractivity contribution < 1.29 is 14.3 Å². The van der Waals surface area contributed by atoms with Crippen LogP contribution in [0, 0.1) is 5.41 Å². The zero-order valence-electron chi connectivity index (χ0n) is 16.5. The normalized spacial score (nSPS) is 22.2. The first-order chi connectivity index (χ1) is 12.9. The lowest BCUT2D eigenvalue weighted by molar-refractivity contribution is 0.0951. The quantitative estimate of drug-likeness (QED) is 0.753. The molecule has 4 rings (SSSR count). The van der Waals surface area contributed by atoms with Crippen molar-refractivity contribution in [2.45, 2.75) is 39.7 Å². The second kappa shape index (κ2) is 7.04. The van der Waals surface area contributed by atoms with Crippen LogP contribution in [0.1, 0.15) is 48.3 Å². The molecule has 0 amide bonds. The number of rotatable bonds is 5. The van der Waals surface area contributed by atoms with Crippen LogP contribution >= 0.6 is 0 Å². The number of nitrogens with zero attached hydrogens (tertiary/aromatic N) is 2. The average Bonchev–Trinajstić information content (AvgIpc) is 3.21. The first-order valence-electron chi connectivity index (χ1n) is 9.69. The molecule has 2 aromatic rings. The highest BCUT2D eigenvalue weighted by atomic mass is 16.7. The van der Waals surface area contributed by atoms with Crippen LogP contribution in [-0.2, 0) is 20.0 Å². The van der Waals surface area contributed by atoms with Gasteiger partial charge in [-0.05, 0) is 61.9 Å². The molecule has 1 unspecified atom stereocenters. The van der Waals surface area contributed by atoms with Crippen molar-refractivity contribution in [3.8, 4) is 11.5 Å². The molecule has 5 heteroatoms. The van der Waals surface area contributed by atoms with E-state index in [1.807, 2.05) is 25.4 Å². The van der Waals surface area contributed by atoms with Gasteiger partial charge in [0.05, 0.1) is 0 Å². The van der Waals surface area contributed by atoms with Crippen LogP contribution in [0.2, 0.25) is 0 Å². The third-order valence-corrected chi connectivity index (χ3v) is 5.83. The molecule has 1 aromatic heterocycles. The number of carbonyl (C=O) groups excluding carboxylic acids is 1. The van der Waals surface area contributed by atoms with Gasteiger partial charge in [0, 0.05) is 37.6 Å². The van der Waals surface area contributed by atoms with Gasteiger partial charge in [-0.15, -0.1) is 0 Å². The van der Waals surface area contributed by atoms with Crippen LogP contribution in [0.5, 0.6) is 11.5 Å². The summed E-state index contributed by atoms with van der Waals surface area (Å²) in [6.07, 6.45) is 5.40. The fraction of sp³-hybridized carbons (Fsp3) is 0.500. The van der Waals surface area contributed by atoms with Crippen molar-refractivity contribution in [2.24, 2.45) is 12.5 Å². The van der Waals surface area contributed by atoms with Crippen LogP contribution < -0.4 is 9.47 Å². The molecular weight excluding hydrogens is 340 g/mol. The van der Waals surface area contributed by atoms with E-state index in [0.717, 1.165) is 43.1 Å². The summed E-state index contributed by atoms with van der Waals surface area (Å²) in [5, 5.41) is 0. The van der Waals surface area contributed by atoms with Gasteiger partial charge >= 0.3 is 0 Å². The molecule has 0 aliphatic carbocycles. The number of aromatic nitrogens is 1. The Hall–Kier alpha value is -2.27. The summed E-state index contributed by atoms with van der Waals surface area (Å²) < 4.78 is 13.0. The molecule has 1 atom stereocenters. The molecule has 1 fully saturated rings. The summed E-state index contributed by atoms with van der Waals surface area (Å²) in [4.78, 5) is 14.2. The van der Waals surface area contributed by atoms with Crippen LogP contribution in [0.25, 0.3) is 0 Å². The Morgan fingerprint density at radius 1 is 1.22 bits per heavy atom. The summed E-state index contributed by atoms with van der Waals surface area (Å²) >= 11 is 0. The highest BCUT2D eigenvalue weighted by Gasteiger charge is 2.32. The number of aryl methyl sites for hydroxylation is 1. The second-order valence-electron chi connectivity index (χ2n) is 8.38. The van der Waals surface area contributed by atoms with Crippen molar-refractivity contribution in [1.82, 2.24) is 9.47 Å². The van der Waals surface area contributed by atoms with E-state index in [2.05, 4.69) is 28.5 Å². The van der Waals surface area contributed by atoms with Crippen LogP contribution in [0.4, 0.5) is 0 Å².